The molecule has 1 aliphatic carbocycles. The lowest BCUT2D eigenvalue weighted by molar-refractivity contribution is -0.117. The van der Waals surface area contributed by atoms with Crippen LogP contribution >= 0.6 is 11.3 Å². The lowest BCUT2D eigenvalue weighted by Gasteiger charge is -2.35. The van der Waals surface area contributed by atoms with Crippen LogP contribution in [0.5, 0.6) is 0 Å². The highest BCUT2D eigenvalue weighted by atomic mass is 32.1. The monoisotopic (exact) mass is 425 g/mol. The normalized spacial score (nSPS) is 17.2. The molecule has 5 rings (SSSR count). The third-order valence-electron chi connectivity index (χ3n) is 5.92. The number of aryl methyl sites for hydroxylation is 2. The third-order valence-corrected chi connectivity index (χ3v) is 7.12. The maximum Gasteiger partial charge on any atom is 0.238 e. The zero-order valence-corrected chi connectivity index (χ0v) is 17.6. The van der Waals surface area contributed by atoms with Gasteiger partial charge in [-0.05, 0) is 43.4 Å². The topological polar surface area (TPSA) is 61.4 Å². The summed E-state index contributed by atoms with van der Waals surface area (Å²) < 4.78 is 13.7. The van der Waals surface area contributed by atoms with Crippen molar-refractivity contribution in [3.63, 3.8) is 0 Å². The van der Waals surface area contributed by atoms with Crippen molar-refractivity contribution in [2.24, 2.45) is 0 Å². The Hall–Kier alpha value is -2.58. The lowest BCUT2D eigenvalue weighted by Crippen LogP contribution is -2.49. The molecule has 0 saturated carbocycles. The first kappa shape index (κ1) is 19.4. The molecule has 8 heteroatoms. The minimum absolute atomic E-state index is 0.190. The molecule has 0 atom stereocenters. The van der Waals surface area contributed by atoms with Gasteiger partial charge >= 0.3 is 0 Å². The average molecular weight is 426 g/mol. The number of carbonyl (C=O) groups excluding carboxylic acids is 1. The molecule has 2 aromatic heterocycles. The minimum Gasteiger partial charge on any atom is -0.353 e. The first-order valence-electron chi connectivity index (χ1n) is 10.5. The Bertz CT molecular complexity index is 1080. The number of amides is 1. The van der Waals surface area contributed by atoms with Gasteiger partial charge < -0.3 is 10.2 Å². The zero-order valence-electron chi connectivity index (χ0n) is 16.7. The molecule has 1 aromatic carbocycles. The number of para-hydroxylation sites is 1. The number of hydrogen-bond acceptors (Lipinski definition) is 6. The lowest BCUT2D eigenvalue weighted by atomic mass is 9.97. The highest BCUT2D eigenvalue weighted by Crippen LogP contribution is 2.39. The first-order valence-corrected chi connectivity index (χ1v) is 11.3. The van der Waals surface area contributed by atoms with Gasteiger partial charge in [-0.3, -0.25) is 9.69 Å². The number of thiophene rings is 1. The third kappa shape index (κ3) is 3.77. The van der Waals surface area contributed by atoms with Crippen molar-refractivity contribution in [2.75, 3.05) is 42.9 Å². The van der Waals surface area contributed by atoms with Gasteiger partial charge in [0.05, 0.1) is 17.6 Å². The van der Waals surface area contributed by atoms with E-state index in [0.29, 0.717) is 0 Å². The van der Waals surface area contributed by atoms with Crippen molar-refractivity contribution < 1.29 is 9.18 Å². The first-order chi connectivity index (χ1) is 14.7. The number of rotatable bonds is 4. The molecule has 0 bridgehead atoms. The standard InChI is InChI=1S/C22H24FN5OS/c23-16-6-2-3-7-17(16)26-19(29)13-27-9-11-28(12-10-27)21-20-15-5-1-4-8-18(15)30-22(20)25-14-24-21/h2-3,6-7,14H,1,4-5,8-13H2,(H,26,29). The maximum atomic E-state index is 13.7. The van der Waals surface area contributed by atoms with Crippen molar-refractivity contribution in [3.05, 3.63) is 46.9 Å². The number of hydrogen-bond donors (Lipinski definition) is 1. The molecule has 6 nitrogen and oxygen atoms in total. The van der Waals surface area contributed by atoms with Gasteiger partial charge in [-0.25, -0.2) is 14.4 Å². The second kappa shape index (κ2) is 8.28. The molecule has 1 saturated heterocycles. The Labute approximate surface area is 178 Å². The van der Waals surface area contributed by atoms with Gasteiger partial charge in [0.1, 0.15) is 22.8 Å². The summed E-state index contributed by atoms with van der Waals surface area (Å²) in [5, 5.41) is 3.91. The molecule has 1 fully saturated rings. The molecule has 0 radical (unpaired) electrons. The van der Waals surface area contributed by atoms with Crippen LogP contribution in [0.15, 0.2) is 30.6 Å². The molecule has 1 N–H and O–H groups in total. The molecule has 3 heterocycles. The van der Waals surface area contributed by atoms with Crippen LogP contribution in [0, 0.1) is 5.82 Å². The summed E-state index contributed by atoms with van der Waals surface area (Å²) in [5.41, 5.74) is 1.68. The quantitative estimate of drug-likeness (QED) is 0.694. The molecular formula is C22H24FN5OS. The summed E-state index contributed by atoms with van der Waals surface area (Å²) in [6.07, 6.45) is 6.44. The second-order valence-corrected chi connectivity index (χ2v) is 8.96. The van der Waals surface area contributed by atoms with E-state index in [1.807, 2.05) is 11.3 Å². The zero-order chi connectivity index (χ0) is 20.5. The van der Waals surface area contributed by atoms with Crippen molar-refractivity contribution >= 4 is 39.0 Å². The molecule has 1 amide bonds. The predicted molar refractivity (Wildman–Crippen MR) is 118 cm³/mol. The van der Waals surface area contributed by atoms with E-state index in [2.05, 4.69) is 25.1 Å². The summed E-state index contributed by atoms with van der Waals surface area (Å²) in [6.45, 7) is 3.41. The molecule has 0 spiro atoms. The van der Waals surface area contributed by atoms with E-state index in [1.54, 1.807) is 24.5 Å². The Balaban J connectivity index is 1.25. The number of nitrogens with zero attached hydrogens (tertiary/aromatic N) is 4. The van der Waals surface area contributed by atoms with E-state index in [1.165, 1.54) is 34.7 Å². The SMILES string of the molecule is O=C(CN1CCN(c2ncnc3sc4c(c23)CCCC4)CC1)Nc1ccccc1F. The fourth-order valence-corrected chi connectivity index (χ4v) is 5.61. The number of aromatic nitrogens is 2. The summed E-state index contributed by atoms with van der Waals surface area (Å²) in [7, 11) is 0. The fourth-order valence-electron chi connectivity index (χ4n) is 4.39. The van der Waals surface area contributed by atoms with Crippen LogP contribution in [0.4, 0.5) is 15.9 Å². The Morgan fingerprint density at radius 2 is 1.90 bits per heavy atom. The van der Waals surface area contributed by atoms with Crippen molar-refractivity contribution in [2.45, 2.75) is 25.7 Å². The van der Waals surface area contributed by atoms with E-state index in [0.717, 1.165) is 49.7 Å². The smallest absolute Gasteiger partial charge is 0.238 e. The van der Waals surface area contributed by atoms with Gasteiger partial charge in [0, 0.05) is 31.1 Å². The Morgan fingerprint density at radius 3 is 2.73 bits per heavy atom. The number of nitrogens with one attached hydrogen (secondary N) is 1. The van der Waals surface area contributed by atoms with E-state index in [9.17, 15) is 9.18 Å². The Kier molecular flexibility index (Phi) is 5.35. The summed E-state index contributed by atoms with van der Waals surface area (Å²) in [5.74, 6) is 0.433. The number of anilines is 2. The largest absolute Gasteiger partial charge is 0.353 e. The van der Waals surface area contributed by atoms with Crippen LogP contribution in [-0.4, -0.2) is 53.5 Å². The van der Waals surface area contributed by atoms with Crippen molar-refractivity contribution in [1.29, 1.82) is 0 Å². The highest BCUT2D eigenvalue weighted by molar-refractivity contribution is 7.19. The van der Waals surface area contributed by atoms with Crippen LogP contribution < -0.4 is 10.2 Å². The highest BCUT2D eigenvalue weighted by Gasteiger charge is 2.25. The van der Waals surface area contributed by atoms with Crippen molar-refractivity contribution in [3.8, 4) is 0 Å². The van der Waals surface area contributed by atoms with Crippen molar-refractivity contribution in [1.82, 2.24) is 14.9 Å². The molecule has 0 unspecified atom stereocenters. The number of fused-ring (bicyclic) bond motifs is 3. The second-order valence-electron chi connectivity index (χ2n) is 7.88. The fraction of sp³-hybridized carbons (Fsp3) is 0.409. The van der Waals surface area contributed by atoms with E-state index in [4.69, 9.17) is 0 Å². The van der Waals surface area contributed by atoms with Gasteiger partial charge in [-0.2, -0.15) is 0 Å². The van der Waals surface area contributed by atoms with Crippen LogP contribution in [0.2, 0.25) is 0 Å². The number of benzene rings is 1. The number of carbonyl (C=O) groups is 1. The molecule has 1 aliphatic heterocycles. The van der Waals surface area contributed by atoms with Gasteiger partial charge in [-0.1, -0.05) is 12.1 Å². The maximum absolute atomic E-state index is 13.7. The molecular weight excluding hydrogens is 401 g/mol. The van der Waals surface area contributed by atoms with Gasteiger partial charge in [0.2, 0.25) is 5.91 Å². The molecule has 3 aromatic rings. The summed E-state index contributed by atoms with van der Waals surface area (Å²) in [4.78, 5) is 28.5. The van der Waals surface area contributed by atoms with E-state index >= 15 is 0 Å². The predicted octanol–water partition coefficient (Wildman–Crippen LogP) is 3.47. The van der Waals surface area contributed by atoms with Crippen LogP contribution in [-0.2, 0) is 17.6 Å². The average Bonchev–Trinajstić information content (AvgIpc) is 3.15. The summed E-state index contributed by atoms with van der Waals surface area (Å²) >= 11 is 1.82. The molecule has 156 valence electrons. The number of piperazine rings is 1. The van der Waals surface area contributed by atoms with Gasteiger partial charge in [-0.15, -0.1) is 11.3 Å². The van der Waals surface area contributed by atoms with E-state index < -0.39 is 5.82 Å². The Morgan fingerprint density at radius 1 is 1.10 bits per heavy atom. The van der Waals surface area contributed by atoms with Gasteiger partial charge in [0.25, 0.3) is 0 Å². The van der Waals surface area contributed by atoms with Crippen LogP contribution in [0.1, 0.15) is 23.3 Å². The van der Waals surface area contributed by atoms with Crippen LogP contribution in [0.3, 0.4) is 0 Å². The molecule has 2 aliphatic rings. The van der Waals surface area contributed by atoms with Crippen LogP contribution in [0.25, 0.3) is 10.2 Å². The number of halogens is 1. The van der Waals surface area contributed by atoms with Gasteiger partial charge in [0.15, 0.2) is 0 Å². The minimum atomic E-state index is -0.414. The van der Waals surface area contributed by atoms with E-state index in [-0.39, 0.29) is 18.1 Å². The molecule has 30 heavy (non-hydrogen) atoms. The summed E-state index contributed by atoms with van der Waals surface area (Å²) in [6, 6.07) is 6.25.